The van der Waals surface area contributed by atoms with Crippen molar-refractivity contribution in [1.82, 2.24) is 0 Å². The minimum absolute atomic E-state index is 0.0554. The van der Waals surface area contributed by atoms with E-state index in [0.717, 1.165) is 16.7 Å². The Balaban J connectivity index is 0.000000550. The van der Waals surface area contributed by atoms with Crippen molar-refractivity contribution in [3.05, 3.63) is 93.5 Å². The lowest BCUT2D eigenvalue weighted by molar-refractivity contribution is -0.136. The summed E-state index contributed by atoms with van der Waals surface area (Å²) in [4.78, 5) is 23.7. The van der Waals surface area contributed by atoms with Gasteiger partial charge in [0.15, 0.2) is 0 Å². The lowest BCUT2D eigenvalue weighted by atomic mass is 10.1. The summed E-state index contributed by atoms with van der Waals surface area (Å²) in [6, 6.07) is 18.0. The molecule has 0 aromatic heterocycles. The van der Waals surface area contributed by atoms with E-state index in [0.29, 0.717) is 34.2 Å². The van der Waals surface area contributed by atoms with Crippen molar-refractivity contribution < 1.29 is 34.8 Å². The molecule has 3 aromatic rings. The number of benzene rings is 3. The Kier molecular flexibility index (Phi) is 11.7. The topological polar surface area (TPSA) is 162 Å². The van der Waals surface area contributed by atoms with Crippen LogP contribution >= 0.6 is 11.6 Å². The summed E-state index contributed by atoms with van der Waals surface area (Å²) in [5.74, 6) is -0.564. The molecule has 7 N–H and O–H groups in total. The quantitative estimate of drug-likeness (QED) is 0.227. The molecule has 0 saturated carbocycles. The molecule has 10 heteroatoms. The largest absolute Gasteiger partial charge is 0.489 e. The second-order valence-electron chi connectivity index (χ2n) is 8.91. The highest BCUT2D eigenvalue weighted by Gasteiger charge is 2.20. The monoisotopic (exact) mass is 544 g/mol. The van der Waals surface area contributed by atoms with Gasteiger partial charge in [0.05, 0.1) is 31.8 Å². The number of rotatable bonds is 10. The Morgan fingerprint density at radius 3 is 2.16 bits per heavy atom. The zero-order chi connectivity index (χ0) is 28.3. The number of carboxylic acid groups (broad SMARTS) is 1. The molecule has 0 aliphatic carbocycles. The SMILES string of the molecule is Cc1cc(CC(=O)O)ccc1NC(=O)c1cc(OCc2cccc(Cl)c2)ccc1C.NC(CO)(CO)CO. The van der Waals surface area contributed by atoms with E-state index in [-0.39, 0.29) is 12.3 Å². The van der Waals surface area contributed by atoms with Crippen molar-refractivity contribution in [2.24, 2.45) is 5.73 Å². The number of carboxylic acids is 1. The van der Waals surface area contributed by atoms with Gasteiger partial charge in [0.2, 0.25) is 0 Å². The van der Waals surface area contributed by atoms with Crippen LogP contribution < -0.4 is 15.8 Å². The van der Waals surface area contributed by atoms with Crippen LogP contribution in [-0.4, -0.2) is 57.7 Å². The summed E-state index contributed by atoms with van der Waals surface area (Å²) < 4.78 is 5.83. The highest BCUT2D eigenvalue weighted by atomic mass is 35.5. The normalized spacial score (nSPS) is 10.8. The number of aliphatic carboxylic acids is 1. The fourth-order valence-electron chi connectivity index (χ4n) is 3.22. The summed E-state index contributed by atoms with van der Waals surface area (Å²) in [6.45, 7) is 2.83. The van der Waals surface area contributed by atoms with E-state index in [1.165, 1.54) is 0 Å². The molecule has 0 fully saturated rings. The summed E-state index contributed by atoms with van der Waals surface area (Å²) in [5.41, 5.74) is 8.33. The van der Waals surface area contributed by atoms with Crippen LogP contribution in [0, 0.1) is 13.8 Å². The number of nitrogens with one attached hydrogen (secondary N) is 1. The van der Waals surface area contributed by atoms with Crippen LogP contribution in [0.15, 0.2) is 60.7 Å². The van der Waals surface area contributed by atoms with Gasteiger partial charge in [-0.25, -0.2) is 0 Å². The van der Waals surface area contributed by atoms with Crippen molar-refractivity contribution in [1.29, 1.82) is 0 Å². The molecule has 0 heterocycles. The second-order valence-corrected chi connectivity index (χ2v) is 9.34. The number of halogens is 1. The molecule has 204 valence electrons. The van der Waals surface area contributed by atoms with Crippen LogP contribution in [0.25, 0.3) is 0 Å². The summed E-state index contributed by atoms with van der Waals surface area (Å²) >= 11 is 6.00. The first kappa shape index (κ1) is 30.8. The number of carbonyl (C=O) groups is 2. The lowest BCUT2D eigenvalue weighted by Gasteiger charge is -2.20. The molecule has 0 atom stereocenters. The molecule has 1 amide bonds. The minimum Gasteiger partial charge on any atom is -0.489 e. The van der Waals surface area contributed by atoms with Crippen molar-refractivity contribution in [2.75, 3.05) is 25.1 Å². The van der Waals surface area contributed by atoms with E-state index in [1.54, 1.807) is 30.3 Å². The van der Waals surface area contributed by atoms with Gasteiger partial charge in [-0.15, -0.1) is 0 Å². The van der Waals surface area contributed by atoms with E-state index in [2.05, 4.69) is 5.32 Å². The molecule has 3 rings (SSSR count). The van der Waals surface area contributed by atoms with E-state index >= 15 is 0 Å². The van der Waals surface area contributed by atoms with Gasteiger partial charge < -0.3 is 36.2 Å². The third-order valence-electron chi connectivity index (χ3n) is 5.59. The van der Waals surface area contributed by atoms with Gasteiger partial charge in [-0.3, -0.25) is 9.59 Å². The maximum absolute atomic E-state index is 12.8. The van der Waals surface area contributed by atoms with Crippen LogP contribution in [0.5, 0.6) is 5.75 Å². The molecule has 38 heavy (non-hydrogen) atoms. The van der Waals surface area contributed by atoms with Crippen molar-refractivity contribution >= 4 is 29.2 Å². The number of nitrogens with two attached hydrogens (primary N) is 1. The summed E-state index contributed by atoms with van der Waals surface area (Å²) in [5, 5.41) is 37.5. The van der Waals surface area contributed by atoms with Gasteiger partial charge in [0.25, 0.3) is 5.91 Å². The van der Waals surface area contributed by atoms with Gasteiger partial charge >= 0.3 is 5.97 Å². The number of hydrogen-bond donors (Lipinski definition) is 6. The predicted octanol–water partition coefficient (Wildman–Crippen LogP) is 3.08. The zero-order valence-corrected chi connectivity index (χ0v) is 22.0. The fourth-order valence-corrected chi connectivity index (χ4v) is 3.43. The molecule has 0 saturated heterocycles. The third kappa shape index (κ3) is 9.44. The Morgan fingerprint density at radius 2 is 1.61 bits per heavy atom. The molecule has 0 aliphatic heterocycles. The first-order valence-corrected chi connectivity index (χ1v) is 12.1. The smallest absolute Gasteiger partial charge is 0.307 e. The van der Waals surface area contributed by atoms with Gasteiger partial charge in [0, 0.05) is 16.3 Å². The number of aliphatic hydroxyl groups excluding tert-OH is 3. The van der Waals surface area contributed by atoms with Crippen LogP contribution in [-0.2, 0) is 17.8 Å². The van der Waals surface area contributed by atoms with E-state index in [1.807, 2.05) is 44.2 Å². The van der Waals surface area contributed by atoms with Crippen LogP contribution in [0.3, 0.4) is 0 Å². The second kappa shape index (κ2) is 14.5. The average Bonchev–Trinajstić information content (AvgIpc) is 2.89. The Labute approximate surface area is 226 Å². The molecule has 3 aromatic carbocycles. The Hall–Kier alpha value is -3.47. The first-order chi connectivity index (χ1) is 18.0. The van der Waals surface area contributed by atoms with Gasteiger partial charge in [-0.1, -0.05) is 41.9 Å². The van der Waals surface area contributed by atoms with E-state index in [9.17, 15) is 9.59 Å². The molecule has 0 spiro atoms. The Bertz CT molecular complexity index is 1240. The molecule has 0 radical (unpaired) electrons. The zero-order valence-electron chi connectivity index (χ0n) is 21.3. The van der Waals surface area contributed by atoms with Crippen molar-refractivity contribution in [3.8, 4) is 5.75 Å². The maximum Gasteiger partial charge on any atom is 0.307 e. The third-order valence-corrected chi connectivity index (χ3v) is 5.82. The number of aliphatic hydroxyl groups is 3. The Morgan fingerprint density at radius 1 is 0.921 bits per heavy atom. The van der Waals surface area contributed by atoms with Gasteiger partial charge in [-0.2, -0.15) is 0 Å². The fraction of sp³-hybridized carbons (Fsp3) is 0.286. The molecule has 0 unspecified atom stereocenters. The highest BCUT2D eigenvalue weighted by molar-refractivity contribution is 6.30. The standard InChI is InChI=1S/C24H22ClNO4.C4H11NO3/c1-15-6-8-20(30-14-18-4-3-5-19(25)11-18)13-21(15)24(29)26-22-9-7-17(10-16(22)2)12-23(27)28;5-4(1-6,2-7)3-8/h3-11,13H,12,14H2,1-2H3,(H,26,29)(H,27,28);6-8H,1-3,5H2. The number of amides is 1. The van der Waals surface area contributed by atoms with Crippen LogP contribution in [0.2, 0.25) is 5.02 Å². The molecule has 9 nitrogen and oxygen atoms in total. The van der Waals surface area contributed by atoms with E-state index in [4.69, 9.17) is 42.5 Å². The number of carbonyl (C=O) groups excluding carboxylic acids is 1. The summed E-state index contributed by atoms with van der Waals surface area (Å²) in [6.07, 6.45) is -0.0554. The number of ether oxygens (including phenoxy) is 1. The lowest BCUT2D eigenvalue weighted by Crippen LogP contribution is -2.50. The molecule has 0 bridgehead atoms. The van der Waals surface area contributed by atoms with Crippen molar-refractivity contribution in [3.63, 3.8) is 0 Å². The highest BCUT2D eigenvalue weighted by Crippen LogP contribution is 2.23. The average molecular weight is 545 g/mol. The molecular weight excluding hydrogens is 512 g/mol. The predicted molar refractivity (Wildman–Crippen MR) is 146 cm³/mol. The molecular formula is C28H33ClN2O7. The van der Waals surface area contributed by atoms with Crippen LogP contribution in [0.1, 0.15) is 32.6 Å². The van der Waals surface area contributed by atoms with Crippen molar-refractivity contribution in [2.45, 2.75) is 32.4 Å². The summed E-state index contributed by atoms with van der Waals surface area (Å²) in [7, 11) is 0. The van der Waals surface area contributed by atoms with E-state index < -0.39 is 31.3 Å². The first-order valence-electron chi connectivity index (χ1n) is 11.7. The number of hydrogen-bond acceptors (Lipinski definition) is 7. The van der Waals surface area contributed by atoms with Gasteiger partial charge in [0.1, 0.15) is 12.4 Å². The van der Waals surface area contributed by atoms with Gasteiger partial charge in [-0.05, 0) is 66.4 Å². The maximum atomic E-state index is 12.8. The minimum atomic E-state index is -1.21. The van der Waals surface area contributed by atoms with Crippen LogP contribution in [0.4, 0.5) is 5.69 Å². The number of aryl methyl sites for hydroxylation is 2. The number of anilines is 1. The molecule has 0 aliphatic rings.